The lowest BCUT2D eigenvalue weighted by Crippen LogP contribution is -2.53. The standard InChI is InChI=1S/C17H25NO4/c1-5-12(3)13-9-7-8-10-14(13)22-11-15(19)18-17(4,6-2)16(20)21/h7-10,12H,5-6,11H2,1-4H3,(H,18,19)(H,20,21). The maximum Gasteiger partial charge on any atom is 0.329 e. The molecular weight excluding hydrogens is 282 g/mol. The monoisotopic (exact) mass is 307 g/mol. The smallest absolute Gasteiger partial charge is 0.329 e. The van der Waals surface area contributed by atoms with Crippen LogP contribution < -0.4 is 10.1 Å². The zero-order valence-electron chi connectivity index (χ0n) is 13.7. The molecule has 0 fully saturated rings. The zero-order valence-corrected chi connectivity index (χ0v) is 13.7. The predicted octanol–water partition coefficient (Wildman–Crippen LogP) is 2.95. The third kappa shape index (κ3) is 4.48. The molecule has 0 spiro atoms. The Balaban J connectivity index is 2.71. The van der Waals surface area contributed by atoms with Crippen molar-refractivity contribution in [1.29, 1.82) is 0 Å². The number of ether oxygens (including phenoxy) is 1. The van der Waals surface area contributed by atoms with E-state index in [1.165, 1.54) is 6.92 Å². The Morgan fingerprint density at radius 2 is 1.95 bits per heavy atom. The number of nitrogens with one attached hydrogen (secondary N) is 1. The average Bonchev–Trinajstić information content (AvgIpc) is 2.52. The minimum absolute atomic E-state index is 0.198. The number of hydrogen-bond acceptors (Lipinski definition) is 3. The van der Waals surface area contributed by atoms with E-state index in [0.29, 0.717) is 18.1 Å². The normalized spacial score (nSPS) is 14.7. The lowest BCUT2D eigenvalue weighted by Gasteiger charge is -2.24. The van der Waals surface area contributed by atoms with Gasteiger partial charge in [0.05, 0.1) is 0 Å². The van der Waals surface area contributed by atoms with Crippen LogP contribution in [0.3, 0.4) is 0 Å². The summed E-state index contributed by atoms with van der Waals surface area (Å²) in [5.74, 6) is -0.492. The number of carbonyl (C=O) groups is 2. The van der Waals surface area contributed by atoms with E-state index in [1.54, 1.807) is 6.92 Å². The number of rotatable bonds is 8. The molecule has 2 unspecified atom stereocenters. The van der Waals surface area contributed by atoms with Crippen molar-refractivity contribution in [3.63, 3.8) is 0 Å². The van der Waals surface area contributed by atoms with Gasteiger partial charge in [-0.2, -0.15) is 0 Å². The summed E-state index contributed by atoms with van der Waals surface area (Å²) in [4.78, 5) is 23.1. The molecule has 0 bridgehead atoms. The van der Waals surface area contributed by atoms with Gasteiger partial charge in [0.1, 0.15) is 11.3 Å². The molecule has 0 saturated heterocycles. The minimum atomic E-state index is -1.27. The van der Waals surface area contributed by atoms with Crippen molar-refractivity contribution in [3.05, 3.63) is 29.8 Å². The molecule has 5 nitrogen and oxygen atoms in total. The van der Waals surface area contributed by atoms with Gasteiger partial charge in [0.25, 0.3) is 5.91 Å². The van der Waals surface area contributed by atoms with Crippen LogP contribution in [0.25, 0.3) is 0 Å². The molecular formula is C17H25NO4. The van der Waals surface area contributed by atoms with Crippen LogP contribution in [0.5, 0.6) is 5.75 Å². The second kappa shape index (κ2) is 7.82. The molecule has 0 aliphatic carbocycles. The van der Waals surface area contributed by atoms with Crippen LogP contribution in [0.4, 0.5) is 0 Å². The number of carboxylic acids is 1. The number of para-hydroxylation sites is 1. The SMILES string of the molecule is CCC(C)c1ccccc1OCC(=O)NC(C)(CC)C(=O)O. The van der Waals surface area contributed by atoms with Crippen LogP contribution >= 0.6 is 0 Å². The van der Waals surface area contributed by atoms with Crippen molar-refractivity contribution in [2.45, 2.75) is 52.0 Å². The van der Waals surface area contributed by atoms with Crippen LogP contribution in [0.15, 0.2) is 24.3 Å². The number of benzene rings is 1. The Labute approximate surface area is 131 Å². The van der Waals surface area contributed by atoms with E-state index in [0.717, 1.165) is 12.0 Å². The van der Waals surface area contributed by atoms with Crippen molar-refractivity contribution in [1.82, 2.24) is 5.32 Å². The highest BCUT2D eigenvalue weighted by molar-refractivity contribution is 5.87. The molecule has 0 radical (unpaired) electrons. The first-order valence-corrected chi connectivity index (χ1v) is 7.60. The number of aliphatic carboxylic acids is 1. The van der Waals surface area contributed by atoms with Gasteiger partial charge >= 0.3 is 5.97 Å². The van der Waals surface area contributed by atoms with Crippen molar-refractivity contribution in [2.75, 3.05) is 6.61 Å². The zero-order chi connectivity index (χ0) is 16.8. The largest absolute Gasteiger partial charge is 0.483 e. The van der Waals surface area contributed by atoms with Gasteiger partial charge < -0.3 is 15.2 Å². The van der Waals surface area contributed by atoms with E-state index in [9.17, 15) is 9.59 Å². The van der Waals surface area contributed by atoms with Crippen LogP contribution in [-0.2, 0) is 9.59 Å². The molecule has 0 aliphatic heterocycles. The summed E-state index contributed by atoms with van der Waals surface area (Å²) in [5.41, 5.74) is -0.217. The summed E-state index contributed by atoms with van der Waals surface area (Å²) in [6, 6.07) is 7.60. The summed E-state index contributed by atoms with van der Waals surface area (Å²) >= 11 is 0. The van der Waals surface area contributed by atoms with Gasteiger partial charge in [-0.15, -0.1) is 0 Å². The first kappa shape index (κ1) is 18.0. The fraction of sp³-hybridized carbons (Fsp3) is 0.529. The molecule has 2 N–H and O–H groups in total. The molecule has 0 heterocycles. The van der Waals surface area contributed by atoms with Gasteiger partial charge in [-0.25, -0.2) is 4.79 Å². The average molecular weight is 307 g/mol. The molecule has 1 aromatic rings. The fourth-order valence-electron chi connectivity index (χ4n) is 2.02. The quantitative estimate of drug-likeness (QED) is 0.774. The van der Waals surface area contributed by atoms with Crippen LogP contribution in [0.2, 0.25) is 0 Å². The topological polar surface area (TPSA) is 75.6 Å². The van der Waals surface area contributed by atoms with E-state index in [-0.39, 0.29) is 6.61 Å². The fourth-order valence-corrected chi connectivity index (χ4v) is 2.02. The van der Waals surface area contributed by atoms with Gasteiger partial charge in [-0.1, -0.05) is 39.0 Å². The predicted molar refractivity (Wildman–Crippen MR) is 85.1 cm³/mol. The molecule has 2 atom stereocenters. The van der Waals surface area contributed by atoms with Crippen LogP contribution in [0.1, 0.15) is 52.0 Å². The molecule has 1 rings (SSSR count). The summed E-state index contributed by atoms with van der Waals surface area (Å²) in [6.07, 6.45) is 1.27. The molecule has 0 aromatic heterocycles. The number of carbonyl (C=O) groups excluding carboxylic acids is 1. The molecule has 122 valence electrons. The molecule has 0 aliphatic rings. The Bertz CT molecular complexity index is 529. The summed E-state index contributed by atoms with van der Waals surface area (Å²) < 4.78 is 5.59. The maximum absolute atomic E-state index is 11.9. The second-order valence-electron chi connectivity index (χ2n) is 5.67. The van der Waals surface area contributed by atoms with E-state index in [1.807, 2.05) is 24.3 Å². The molecule has 22 heavy (non-hydrogen) atoms. The van der Waals surface area contributed by atoms with Crippen LogP contribution in [0, 0.1) is 0 Å². The summed E-state index contributed by atoms with van der Waals surface area (Å²) in [5, 5.41) is 11.7. The molecule has 0 saturated carbocycles. The van der Waals surface area contributed by atoms with E-state index in [2.05, 4.69) is 19.2 Å². The Hall–Kier alpha value is -2.04. The van der Waals surface area contributed by atoms with Gasteiger partial charge in [-0.05, 0) is 37.3 Å². The summed E-state index contributed by atoms with van der Waals surface area (Å²) in [6.45, 7) is 7.19. The Morgan fingerprint density at radius 3 is 2.50 bits per heavy atom. The third-order valence-electron chi connectivity index (χ3n) is 4.02. The molecule has 1 aromatic carbocycles. The van der Waals surface area contributed by atoms with E-state index < -0.39 is 17.4 Å². The van der Waals surface area contributed by atoms with Crippen molar-refractivity contribution in [2.24, 2.45) is 0 Å². The van der Waals surface area contributed by atoms with Crippen molar-refractivity contribution < 1.29 is 19.4 Å². The van der Waals surface area contributed by atoms with Gasteiger partial charge in [0.2, 0.25) is 0 Å². The third-order valence-corrected chi connectivity index (χ3v) is 4.02. The number of carboxylic acid groups (broad SMARTS) is 1. The van der Waals surface area contributed by atoms with Crippen LogP contribution in [-0.4, -0.2) is 29.1 Å². The van der Waals surface area contributed by atoms with Gasteiger partial charge in [0, 0.05) is 0 Å². The summed E-state index contributed by atoms with van der Waals surface area (Å²) in [7, 11) is 0. The second-order valence-corrected chi connectivity index (χ2v) is 5.67. The van der Waals surface area contributed by atoms with E-state index in [4.69, 9.17) is 9.84 Å². The first-order valence-electron chi connectivity index (χ1n) is 7.60. The van der Waals surface area contributed by atoms with E-state index >= 15 is 0 Å². The molecule has 5 heteroatoms. The Kier molecular flexibility index (Phi) is 6.40. The van der Waals surface area contributed by atoms with Gasteiger partial charge in [0.15, 0.2) is 6.61 Å². The lowest BCUT2D eigenvalue weighted by atomic mass is 9.98. The number of hydrogen-bond donors (Lipinski definition) is 2. The highest BCUT2D eigenvalue weighted by atomic mass is 16.5. The van der Waals surface area contributed by atoms with Gasteiger partial charge in [-0.3, -0.25) is 4.79 Å². The highest BCUT2D eigenvalue weighted by Gasteiger charge is 2.32. The van der Waals surface area contributed by atoms with Crippen molar-refractivity contribution in [3.8, 4) is 5.75 Å². The maximum atomic E-state index is 11.9. The lowest BCUT2D eigenvalue weighted by molar-refractivity contribution is -0.147. The first-order chi connectivity index (χ1) is 10.3. The Morgan fingerprint density at radius 1 is 1.32 bits per heavy atom. The molecule has 1 amide bonds. The van der Waals surface area contributed by atoms with Crippen molar-refractivity contribution >= 4 is 11.9 Å². The highest BCUT2D eigenvalue weighted by Crippen LogP contribution is 2.28. The minimum Gasteiger partial charge on any atom is -0.483 e. The number of amides is 1.